The number of aliphatic hydroxyl groups is 1. The highest BCUT2D eigenvalue weighted by Gasteiger charge is 2.35. The molecule has 1 aromatic carbocycles. The first-order valence-electron chi connectivity index (χ1n) is 6.08. The third-order valence-corrected chi connectivity index (χ3v) is 3.85. The van der Waals surface area contributed by atoms with Crippen LogP contribution in [0.5, 0.6) is 11.5 Å². The van der Waals surface area contributed by atoms with E-state index >= 15 is 0 Å². The van der Waals surface area contributed by atoms with Crippen LogP contribution in [-0.4, -0.2) is 25.4 Å². The van der Waals surface area contributed by atoms with Gasteiger partial charge in [-0.2, -0.15) is 0 Å². The molecule has 0 heterocycles. The zero-order chi connectivity index (χ0) is 12.4. The van der Waals surface area contributed by atoms with Gasteiger partial charge in [0.1, 0.15) is 11.5 Å². The lowest BCUT2D eigenvalue weighted by Crippen LogP contribution is -2.15. The first kappa shape index (κ1) is 12.2. The van der Waals surface area contributed by atoms with Crippen molar-refractivity contribution in [3.63, 3.8) is 0 Å². The predicted molar refractivity (Wildman–Crippen MR) is 66.7 cm³/mol. The summed E-state index contributed by atoms with van der Waals surface area (Å²) >= 11 is 0. The third-order valence-electron chi connectivity index (χ3n) is 3.85. The lowest BCUT2D eigenvalue weighted by atomic mass is 9.88. The monoisotopic (exact) mass is 236 g/mol. The molecule has 17 heavy (non-hydrogen) atoms. The molecule has 0 amide bonds. The second-order valence-corrected chi connectivity index (χ2v) is 4.69. The van der Waals surface area contributed by atoms with Crippen molar-refractivity contribution in [2.45, 2.75) is 31.8 Å². The predicted octanol–water partition coefficient (Wildman–Crippen LogP) is 2.58. The van der Waals surface area contributed by atoms with Gasteiger partial charge in [0.2, 0.25) is 0 Å². The summed E-state index contributed by atoms with van der Waals surface area (Å²) in [5, 5.41) is 9.87. The summed E-state index contributed by atoms with van der Waals surface area (Å²) in [4.78, 5) is 0. The number of hydrogen-bond acceptors (Lipinski definition) is 3. The van der Waals surface area contributed by atoms with Gasteiger partial charge in [0.25, 0.3) is 0 Å². The van der Waals surface area contributed by atoms with Crippen LogP contribution < -0.4 is 9.47 Å². The Morgan fingerprint density at radius 1 is 1.12 bits per heavy atom. The Bertz CT molecular complexity index is 367. The number of ether oxygens (including phenoxy) is 2. The van der Waals surface area contributed by atoms with Gasteiger partial charge in [-0.3, -0.25) is 0 Å². The zero-order valence-electron chi connectivity index (χ0n) is 10.6. The van der Waals surface area contributed by atoms with Crippen LogP contribution in [0.3, 0.4) is 0 Å². The maximum Gasteiger partial charge on any atom is 0.126 e. The van der Waals surface area contributed by atoms with Crippen molar-refractivity contribution < 1.29 is 14.6 Å². The standard InChI is InChI=1S/C14H20O3/c1-9-10(7-8-11(9)15)14-12(16-2)5-4-6-13(14)17-3/h4-6,9-11,15H,7-8H2,1-3H3. The Hall–Kier alpha value is -1.22. The molecule has 1 saturated carbocycles. The second kappa shape index (κ2) is 4.96. The number of methoxy groups -OCH3 is 2. The van der Waals surface area contributed by atoms with Crippen LogP contribution in [0, 0.1) is 5.92 Å². The smallest absolute Gasteiger partial charge is 0.126 e. The molecule has 3 unspecified atom stereocenters. The van der Waals surface area contributed by atoms with Crippen molar-refractivity contribution in [2.75, 3.05) is 14.2 Å². The molecule has 1 fully saturated rings. The van der Waals surface area contributed by atoms with Crippen molar-refractivity contribution in [1.29, 1.82) is 0 Å². The molecule has 0 spiro atoms. The Morgan fingerprint density at radius 2 is 1.71 bits per heavy atom. The van der Waals surface area contributed by atoms with Crippen molar-refractivity contribution in [1.82, 2.24) is 0 Å². The van der Waals surface area contributed by atoms with Crippen LogP contribution in [0.4, 0.5) is 0 Å². The van der Waals surface area contributed by atoms with E-state index < -0.39 is 0 Å². The molecule has 0 aliphatic heterocycles. The highest BCUT2D eigenvalue weighted by Crippen LogP contribution is 2.46. The molecular weight excluding hydrogens is 216 g/mol. The minimum absolute atomic E-state index is 0.213. The van der Waals surface area contributed by atoms with E-state index in [1.54, 1.807) is 14.2 Å². The van der Waals surface area contributed by atoms with Crippen LogP contribution in [-0.2, 0) is 0 Å². The van der Waals surface area contributed by atoms with Crippen molar-refractivity contribution >= 4 is 0 Å². The van der Waals surface area contributed by atoms with Crippen molar-refractivity contribution in [3.8, 4) is 11.5 Å². The first-order chi connectivity index (χ1) is 8.19. The highest BCUT2D eigenvalue weighted by atomic mass is 16.5. The number of rotatable bonds is 3. The Labute approximate surface area is 102 Å². The Morgan fingerprint density at radius 3 is 2.12 bits per heavy atom. The summed E-state index contributed by atoms with van der Waals surface area (Å²) in [5.41, 5.74) is 1.10. The molecule has 2 rings (SSSR count). The lowest BCUT2D eigenvalue weighted by Gasteiger charge is -2.22. The molecule has 94 valence electrons. The quantitative estimate of drug-likeness (QED) is 0.876. The Kier molecular flexibility index (Phi) is 3.57. The molecule has 3 heteroatoms. The fourth-order valence-corrected chi connectivity index (χ4v) is 2.80. The van der Waals surface area contributed by atoms with Gasteiger partial charge in [-0.25, -0.2) is 0 Å². The Balaban J connectivity index is 2.42. The summed E-state index contributed by atoms with van der Waals surface area (Å²) in [7, 11) is 3.35. The topological polar surface area (TPSA) is 38.7 Å². The normalized spacial score (nSPS) is 28.1. The highest BCUT2D eigenvalue weighted by molar-refractivity contribution is 5.48. The van der Waals surface area contributed by atoms with Gasteiger partial charge < -0.3 is 14.6 Å². The minimum Gasteiger partial charge on any atom is -0.496 e. The van der Waals surface area contributed by atoms with Crippen LogP contribution in [0.15, 0.2) is 18.2 Å². The largest absolute Gasteiger partial charge is 0.496 e. The molecule has 0 radical (unpaired) electrons. The van der Waals surface area contributed by atoms with Crippen molar-refractivity contribution in [3.05, 3.63) is 23.8 Å². The minimum atomic E-state index is -0.213. The van der Waals surface area contributed by atoms with E-state index in [-0.39, 0.29) is 12.0 Å². The summed E-state index contributed by atoms with van der Waals surface area (Å²) in [6.07, 6.45) is 1.63. The molecule has 3 atom stereocenters. The van der Waals surface area contributed by atoms with Gasteiger partial charge in [0.15, 0.2) is 0 Å². The summed E-state index contributed by atoms with van der Waals surface area (Å²) in [5.74, 6) is 2.28. The van der Waals surface area contributed by atoms with Crippen LogP contribution in [0.2, 0.25) is 0 Å². The third kappa shape index (κ3) is 2.12. The number of benzene rings is 1. The van der Waals surface area contributed by atoms with Gasteiger partial charge >= 0.3 is 0 Å². The van der Waals surface area contributed by atoms with E-state index in [1.807, 2.05) is 18.2 Å². The summed E-state index contributed by atoms with van der Waals surface area (Å²) in [6, 6.07) is 5.84. The molecule has 1 aliphatic rings. The number of aliphatic hydroxyl groups excluding tert-OH is 1. The molecule has 0 saturated heterocycles. The van der Waals surface area contributed by atoms with Crippen LogP contribution >= 0.6 is 0 Å². The average Bonchev–Trinajstić information content (AvgIpc) is 2.69. The second-order valence-electron chi connectivity index (χ2n) is 4.69. The molecular formula is C14H20O3. The molecule has 1 aliphatic carbocycles. The fourth-order valence-electron chi connectivity index (χ4n) is 2.80. The van der Waals surface area contributed by atoms with Crippen molar-refractivity contribution in [2.24, 2.45) is 5.92 Å². The van der Waals surface area contributed by atoms with Gasteiger partial charge in [-0.05, 0) is 36.8 Å². The van der Waals surface area contributed by atoms with Gasteiger partial charge in [0, 0.05) is 5.56 Å². The van der Waals surface area contributed by atoms with Gasteiger partial charge in [0.05, 0.1) is 20.3 Å². The zero-order valence-corrected chi connectivity index (χ0v) is 10.6. The van der Waals surface area contributed by atoms with Crippen LogP contribution in [0.1, 0.15) is 31.2 Å². The lowest BCUT2D eigenvalue weighted by molar-refractivity contribution is 0.136. The van der Waals surface area contributed by atoms with E-state index in [2.05, 4.69) is 6.92 Å². The van der Waals surface area contributed by atoms with E-state index in [0.717, 1.165) is 29.9 Å². The van der Waals surface area contributed by atoms with Gasteiger partial charge in [-0.1, -0.05) is 13.0 Å². The summed E-state index contributed by atoms with van der Waals surface area (Å²) < 4.78 is 10.8. The molecule has 0 aromatic heterocycles. The fraction of sp³-hybridized carbons (Fsp3) is 0.571. The maximum absolute atomic E-state index is 9.87. The van der Waals surface area contributed by atoms with E-state index in [1.165, 1.54) is 0 Å². The average molecular weight is 236 g/mol. The van der Waals surface area contributed by atoms with E-state index in [0.29, 0.717) is 5.92 Å². The molecule has 1 aromatic rings. The van der Waals surface area contributed by atoms with E-state index in [9.17, 15) is 5.11 Å². The summed E-state index contributed by atoms with van der Waals surface area (Å²) in [6.45, 7) is 2.09. The van der Waals surface area contributed by atoms with Crippen LogP contribution in [0.25, 0.3) is 0 Å². The van der Waals surface area contributed by atoms with Gasteiger partial charge in [-0.15, -0.1) is 0 Å². The first-order valence-corrected chi connectivity index (χ1v) is 6.08. The van der Waals surface area contributed by atoms with E-state index in [4.69, 9.17) is 9.47 Å². The molecule has 3 nitrogen and oxygen atoms in total. The maximum atomic E-state index is 9.87. The molecule has 0 bridgehead atoms. The SMILES string of the molecule is COc1cccc(OC)c1C1CCC(O)C1C. The number of hydrogen-bond donors (Lipinski definition) is 1. The molecule has 1 N–H and O–H groups in total.